The maximum atomic E-state index is 12.3. The average molecular weight is 287 g/mol. The molecule has 7 nitrogen and oxygen atoms in total. The van der Waals surface area contributed by atoms with Gasteiger partial charge in [-0.25, -0.2) is 4.68 Å². The molecular weight excluding hydrogens is 270 g/mol. The van der Waals surface area contributed by atoms with E-state index in [1.165, 1.54) is 0 Å². The summed E-state index contributed by atoms with van der Waals surface area (Å²) in [5.41, 5.74) is 1.46. The Labute approximate surface area is 121 Å². The normalized spacial score (nSPS) is 21.6. The van der Waals surface area contributed by atoms with Gasteiger partial charge in [-0.05, 0) is 18.9 Å². The van der Waals surface area contributed by atoms with Crippen LogP contribution in [0.25, 0.3) is 0 Å². The van der Waals surface area contributed by atoms with Gasteiger partial charge in [0.1, 0.15) is 5.76 Å². The zero-order valence-electron chi connectivity index (χ0n) is 11.6. The Kier molecular flexibility index (Phi) is 2.99. The number of fused-ring (bicyclic) bond motifs is 1. The summed E-state index contributed by atoms with van der Waals surface area (Å²) in [4.78, 5) is 12.3. The predicted molar refractivity (Wildman–Crippen MR) is 73.8 cm³/mol. The highest BCUT2D eigenvalue weighted by Gasteiger charge is 2.26. The van der Waals surface area contributed by atoms with Crippen LogP contribution in [0, 0.1) is 0 Å². The van der Waals surface area contributed by atoms with Crippen LogP contribution >= 0.6 is 0 Å². The summed E-state index contributed by atoms with van der Waals surface area (Å²) in [5, 5.41) is 14.2. The van der Waals surface area contributed by atoms with Crippen molar-refractivity contribution in [1.82, 2.24) is 25.6 Å². The molecule has 4 rings (SSSR count). The van der Waals surface area contributed by atoms with E-state index in [1.54, 1.807) is 17.1 Å². The highest BCUT2D eigenvalue weighted by atomic mass is 16.3. The fourth-order valence-corrected chi connectivity index (χ4v) is 2.89. The molecule has 0 radical (unpaired) electrons. The molecule has 3 heterocycles. The number of hydrogen-bond donors (Lipinski definition) is 2. The highest BCUT2D eigenvalue weighted by molar-refractivity contribution is 5.92. The van der Waals surface area contributed by atoms with Crippen LogP contribution in [0.3, 0.4) is 0 Å². The van der Waals surface area contributed by atoms with E-state index in [0.29, 0.717) is 11.7 Å². The number of furan rings is 1. The van der Waals surface area contributed by atoms with Crippen molar-refractivity contribution >= 4 is 5.91 Å². The standard InChI is InChI=1S/C14H17N5O2/c20-14(12-8-19(18-17-12)9-6-15-7-9)16-11-2-1-3-13-10(11)4-5-21-13/h4-5,8-9,11,15H,1-3,6-7H2,(H,16,20). The monoisotopic (exact) mass is 287 g/mol. The second-order valence-electron chi connectivity index (χ2n) is 5.61. The molecule has 0 saturated carbocycles. The number of carbonyl (C=O) groups excluding carboxylic acids is 1. The minimum absolute atomic E-state index is 0.00974. The van der Waals surface area contributed by atoms with Gasteiger partial charge in [0.05, 0.1) is 24.5 Å². The van der Waals surface area contributed by atoms with Crippen LogP contribution in [0.4, 0.5) is 0 Å². The smallest absolute Gasteiger partial charge is 0.273 e. The number of rotatable bonds is 3. The second kappa shape index (κ2) is 5.00. The van der Waals surface area contributed by atoms with Gasteiger partial charge >= 0.3 is 0 Å². The molecular formula is C14H17N5O2. The number of nitrogens with zero attached hydrogens (tertiary/aromatic N) is 3. The van der Waals surface area contributed by atoms with Crippen molar-refractivity contribution in [2.24, 2.45) is 0 Å². The number of aryl methyl sites for hydroxylation is 1. The Morgan fingerprint density at radius 3 is 3.19 bits per heavy atom. The Balaban J connectivity index is 1.47. The van der Waals surface area contributed by atoms with Gasteiger partial charge < -0.3 is 15.1 Å². The van der Waals surface area contributed by atoms with Crippen molar-refractivity contribution in [2.75, 3.05) is 13.1 Å². The number of aromatic nitrogens is 3. The molecule has 1 aliphatic heterocycles. The van der Waals surface area contributed by atoms with Crippen LogP contribution in [0.2, 0.25) is 0 Å². The SMILES string of the molecule is O=C(NC1CCCc2occc21)c1cn(C2CNC2)nn1. The van der Waals surface area contributed by atoms with Crippen molar-refractivity contribution in [3.05, 3.63) is 35.5 Å². The molecule has 7 heteroatoms. The molecule has 2 aromatic rings. The lowest BCUT2D eigenvalue weighted by Crippen LogP contribution is -2.43. The topological polar surface area (TPSA) is 85.0 Å². The van der Waals surface area contributed by atoms with Crippen LogP contribution in [0.5, 0.6) is 0 Å². The molecule has 2 aliphatic rings. The molecule has 0 spiro atoms. The van der Waals surface area contributed by atoms with Gasteiger partial charge in [0, 0.05) is 25.1 Å². The van der Waals surface area contributed by atoms with E-state index in [9.17, 15) is 4.79 Å². The maximum Gasteiger partial charge on any atom is 0.273 e. The summed E-state index contributed by atoms with van der Waals surface area (Å²) in [6.45, 7) is 1.76. The molecule has 1 aliphatic carbocycles. The Bertz CT molecular complexity index is 658. The first kappa shape index (κ1) is 12.6. The van der Waals surface area contributed by atoms with Crippen molar-refractivity contribution in [1.29, 1.82) is 0 Å². The van der Waals surface area contributed by atoms with Crippen molar-refractivity contribution in [3.8, 4) is 0 Å². The van der Waals surface area contributed by atoms with Gasteiger partial charge in [0.2, 0.25) is 0 Å². The lowest BCUT2D eigenvalue weighted by atomic mass is 9.93. The molecule has 1 atom stereocenters. The lowest BCUT2D eigenvalue weighted by molar-refractivity contribution is 0.0927. The predicted octanol–water partition coefficient (Wildman–Crippen LogP) is 0.823. The first-order chi connectivity index (χ1) is 10.3. The number of hydrogen-bond acceptors (Lipinski definition) is 5. The van der Waals surface area contributed by atoms with Crippen LogP contribution in [-0.4, -0.2) is 34.0 Å². The zero-order chi connectivity index (χ0) is 14.2. The molecule has 110 valence electrons. The quantitative estimate of drug-likeness (QED) is 0.873. The minimum Gasteiger partial charge on any atom is -0.469 e. The van der Waals surface area contributed by atoms with Gasteiger partial charge in [-0.3, -0.25) is 4.79 Å². The van der Waals surface area contributed by atoms with Gasteiger partial charge in [-0.2, -0.15) is 0 Å². The van der Waals surface area contributed by atoms with Crippen molar-refractivity contribution in [3.63, 3.8) is 0 Å². The van der Waals surface area contributed by atoms with E-state index in [1.807, 2.05) is 6.07 Å². The van der Waals surface area contributed by atoms with E-state index in [0.717, 1.165) is 43.7 Å². The first-order valence-electron chi connectivity index (χ1n) is 7.31. The Hall–Kier alpha value is -2.15. The third-order valence-electron chi connectivity index (χ3n) is 4.23. The zero-order valence-corrected chi connectivity index (χ0v) is 11.6. The summed E-state index contributed by atoms with van der Waals surface area (Å²) < 4.78 is 7.20. The highest BCUT2D eigenvalue weighted by Crippen LogP contribution is 2.30. The van der Waals surface area contributed by atoms with Crippen molar-refractivity contribution in [2.45, 2.75) is 31.3 Å². The summed E-state index contributed by atoms with van der Waals surface area (Å²) >= 11 is 0. The van der Waals surface area contributed by atoms with E-state index in [2.05, 4.69) is 20.9 Å². The third kappa shape index (κ3) is 2.23. The summed E-state index contributed by atoms with van der Waals surface area (Å²) in [7, 11) is 0. The fraction of sp³-hybridized carbons (Fsp3) is 0.500. The van der Waals surface area contributed by atoms with E-state index in [-0.39, 0.29) is 11.9 Å². The molecule has 1 amide bonds. The summed E-state index contributed by atoms with van der Waals surface area (Å²) in [6, 6.07) is 2.26. The molecule has 2 aromatic heterocycles. The van der Waals surface area contributed by atoms with Crippen LogP contribution in [0.15, 0.2) is 22.9 Å². The van der Waals surface area contributed by atoms with Crippen LogP contribution < -0.4 is 10.6 Å². The Morgan fingerprint density at radius 2 is 2.38 bits per heavy atom. The summed E-state index contributed by atoms with van der Waals surface area (Å²) in [5.74, 6) is 0.809. The van der Waals surface area contributed by atoms with Crippen molar-refractivity contribution < 1.29 is 9.21 Å². The maximum absolute atomic E-state index is 12.3. The molecule has 1 fully saturated rings. The van der Waals surface area contributed by atoms with Crippen LogP contribution in [-0.2, 0) is 6.42 Å². The molecule has 1 saturated heterocycles. The number of carbonyl (C=O) groups is 1. The van der Waals surface area contributed by atoms with Gasteiger partial charge in [0.25, 0.3) is 5.91 Å². The molecule has 2 N–H and O–H groups in total. The molecule has 0 aromatic carbocycles. The summed E-state index contributed by atoms with van der Waals surface area (Å²) in [6.07, 6.45) is 6.30. The minimum atomic E-state index is -0.174. The van der Waals surface area contributed by atoms with Gasteiger partial charge in [-0.15, -0.1) is 5.10 Å². The number of amides is 1. The van der Waals surface area contributed by atoms with Gasteiger partial charge in [-0.1, -0.05) is 5.21 Å². The molecule has 1 unspecified atom stereocenters. The van der Waals surface area contributed by atoms with E-state index in [4.69, 9.17) is 4.42 Å². The number of nitrogens with one attached hydrogen (secondary N) is 2. The lowest BCUT2D eigenvalue weighted by Gasteiger charge is -2.26. The van der Waals surface area contributed by atoms with E-state index < -0.39 is 0 Å². The first-order valence-corrected chi connectivity index (χ1v) is 7.31. The third-order valence-corrected chi connectivity index (χ3v) is 4.23. The van der Waals surface area contributed by atoms with Crippen LogP contribution in [0.1, 0.15) is 46.7 Å². The Morgan fingerprint density at radius 1 is 1.48 bits per heavy atom. The second-order valence-corrected chi connectivity index (χ2v) is 5.61. The fourth-order valence-electron chi connectivity index (χ4n) is 2.89. The van der Waals surface area contributed by atoms with E-state index >= 15 is 0 Å². The largest absolute Gasteiger partial charge is 0.469 e. The average Bonchev–Trinajstić information content (AvgIpc) is 3.05. The molecule has 21 heavy (non-hydrogen) atoms. The molecule has 0 bridgehead atoms. The van der Waals surface area contributed by atoms with Gasteiger partial charge in [0.15, 0.2) is 5.69 Å².